The van der Waals surface area contributed by atoms with Crippen molar-refractivity contribution in [3.63, 3.8) is 0 Å². The Balaban J connectivity index is 0.856. The number of nitrogens with zero attached hydrogens (tertiary/aromatic N) is 2. The Bertz CT molecular complexity index is 3920. The Hall–Kier alpha value is -9.18. The molecule has 13 aromatic rings. The van der Waals surface area contributed by atoms with Gasteiger partial charge in [-0.2, -0.15) is 0 Å². The fourth-order valence-corrected chi connectivity index (χ4v) is 10.2. The smallest absolute Gasteiger partial charge is 0.136 e. The number of anilines is 3. The SMILES string of the molecule is c1ccc(-c2ccc(-c3cccc(N(c4ccc(-c5ccc(-c6ccc7c(c6)oc6ccccc67)cc5)cc4)c4ccc(-c5ccccc5-n5c6ccccc6c6ccccc65)cc4)c3)cc2)cc1. The van der Waals surface area contributed by atoms with Crippen molar-refractivity contribution in [2.45, 2.75) is 0 Å². The molecule has 0 N–H and O–H groups in total. The topological polar surface area (TPSA) is 21.3 Å². The van der Waals surface area contributed by atoms with E-state index in [0.29, 0.717) is 0 Å². The van der Waals surface area contributed by atoms with Crippen LogP contribution in [-0.4, -0.2) is 4.57 Å². The third-order valence-electron chi connectivity index (χ3n) is 13.6. The van der Waals surface area contributed by atoms with Gasteiger partial charge in [0.2, 0.25) is 0 Å². The van der Waals surface area contributed by atoms with Gasteiger partial charge in [0, 0.05) is 44.2 Å². The van der Waals surface area contributed by atoms with Crippen molar-refractivity contribution in [2.75, 3.05) is 4.90 Å². The van der Waals surface area contributed by atoms with Crippen molar-refractivity contribution in [1.82, 2.24) is 4.57 Å². The molecule has 0 amide bonds. The predicted octanol–water partition coefficient (Wildman–Crippen LogP) is 18.5. The van der Waals surface area contributed by atoms with Gasteiger partial charge < -0.3 is 13.9 Å². The van der Waals surface area contributed by atoms with Gasteiger partial charge in [0.25, 0.3) is 0 Å². The minimum absolute atomic E-state index is 0.906. The highest BCUT2D eigenvalue weighted by Gasteiger charge is 2.18. The molecular weight excluding hydrogens is 837 g/mol. The number of furan rings is 1. The van der Waals surface area contributed by atoms with E-state index in [-0.39, 0.29) is 0 Å². The van der Waals surface area contributed by atoms with E-state index in [1.807, 2.05) is 12.1 Å². The molecule has 0 saturated heterocycles. The Labute approximate surface area is 401 Å². The van der Waals surface area contributed by atoms with Gasteiger partial charge >= 0.3 is 0 Å². The minimum atomic E-state index is 0.906. The molecule has 0 unspecified atom stereocenters. The van der Waals surface area contributed by atoms with Crippen LogP contribution in [0.25, 0.3) is 105 Å². The maximum Gasteiger partial charge on any atom is 0.136 e. The first kappa shape index (κ1) is 40.1. The van der Waals surface area contributed by atoms with E-state index in [2.05, 4.69) is 264 Å². The highest BCUT2D eigenvalue weighted by molar-refractivity contribution is 6.10. The summed E-state index contributed by atoms with van der Waals surface area (Å²) in [6.45, 7) is 0. The fraction of sp³-hybridized carbons (Fsp3) is 0. The second-order valence-electron chi connectivity index (χ2n) is 17.7. The molecule has 3 nitrogen and oxygen atoms in total. The largest absolute Gasteiger partial charge is 0.456 e. The van der Waals surface area contributed by atoms with Crippen LogP contribution in [0.1, 0.15) is 0 Å². The molecule has 0 fully saturated rings. The molecule has 11 aromatic carbocycles. The van der Waals surface area contributed by atoms with Crippen molar-refractivity contribution in [3.8, 4) is 61.3 Å². The summed E-state index contributed by atoms with van der Waals surface area (Å²) in [6.07, 6.45) is 0. The Morgan fingerprint density at radius 2 is 0.696 bits per heavy atom. The molecule has 13 rings (SSSR count). The quantitative estimate of drug-likeness (QED) is 0.144. The van der Waals surface area contributed by atoms with E-state index >= 15 is 0 Å². The normalized spacial score (nSPS) is 11.5. The highest BCUT2D eigenvalue weighted by Crippen LogP contribution is 2.41. The summed E-state index contributed by atoms with van der Waals surface area (Å²) >= 11 is 0. The van der Waals surface area contributed by atoms with E-state index in [9.17, 15) is 0 Å². The van der Waals surface area contributed by atoms with Crippen LogP contribution in [0.5, 0.6) is 0 Å². The van der Waals surface area contributed by atoms with Crippen molar-refractivity contribution in [1.29, 1.82) is 0 Å². The zero-order valence-corrected chi connectivity index (χ0v) is 37.7. The number of hydrogen-bond acceptors (Lipinski definition) is 2. The molecule has 2 aromatic heterocycles. The van der Waals surface area contributed by atoms with E-state index in [1.54, 1.807) is 0 Å². The van der Waals surface area contributed by atoms with Gasteiger partial charge in [0.05, 0.1) is 16.7 Å². The van der Waals surface area contributed by atoms with E-state index < -0.39 is 0 Å². The predicted molar refractivity (Wildman–Crippen MR) is 290 cm³/mol. The van der Waals surface area contributed by atoms with Crippen molar-refractivity contribution in [3.05, 3.63) is 267 Å². The van der Waals surface area contributed by atoms with Crippen LogP contribution in [0, 0.1) is 0 Å². The second kappa shape index (κ2) is 16.9. The van der Waals surface area contributed by atoms with Gasteiger partial charge in [-0.25, -0.2) is 0 Å². The fourth-order valence-electron chi connectivity index (χ4n) is 10.2. The maximum atomic E-state index is 6.22. The lowest BCUT2D eigenvalue weighted by atomic mass is 9.98. The summed E-state index contributed by atoms with van der Waals surface area (Å²) in [4.78, 5) is 2.37. The molecule has 0 saturated carbocycles. The third-order valence-corrected chi connectivity index (χ3v) is 13.6. The molecule has 0 spiro atoms. The number of para-hydroxylation sites is 4. The summed E-state index contributed by atoms with van der Waals surface area (Å²) in [6, 6.07) is 96.1. The lowest BCUT2D eigenvalue weighted by Gasteiger charge is -2.26. The molecule has 0 bridgehead atoms. The Kier molecular flexibility index (Phi) is 9.84. The summed E-state index contributed by atoms with van der Waals surface area (Å²) in [7, 11) is 0. The first-order valence-corrected chi connectivity index (χ1v) is 23.6. The van der Waals surface area contributed by atoms with Crippen molar-refractivity contribution >= 4 is 60.8 Å². The first-order chi connectivity index (χ1) is 34.2. The maximum absolute atomic E-state index is 6.22. The zero-order chi connectivity index (χ0) is 45.7. The lowest BCUT2D eigenvalue weighted by molar-refractivity contribution is 0.669. The van der Waals surface area contributed by atoms with Crippen LogP contribution in [0.3, 0.4) is 0 Å². The summed E-state index contributed by atoms with van der Waals surface area (Å²) in [5.74, 6) is 0. The summed E-state index contributed by atoms with van der Waals surface area (Å²) in [5, 5.41) is 4.79. The van der Waals surface area contributed by atoms with Gasteiger partial charge in [0.1, 0.15) is 11.2 Å². The molecule has 69 heavy (non-hydrogen) atoms. The summed E-state index contributed by atoms with van der Waals surface area (Å²) in [5.41, 5.74) is 20.3. The van der Waals surface area contributed by atoms with E-state index in [0.717, 1.165) is 78.1 Å². The number of fused-ring (bicyclic) bond motifs is 6. The molecule has 2 heterocycles. The third kappa shape index (κ3) is 7.25. The van der Waals surface area contributed by atoms with Gasteiger partial charge in [-0.1, -0.05) is 194 Å². The highest BCUT2D eigenvalue weighted by atomic mass is 16.3. The molecule has 0 atom stereocenters. The van der Waals surface area contributed by atoms with Crippen molar-refractivity contribution < 1.29 is 4.42 Å². The Morgan fingerprint density at radius 3 is 1.33 bits per heavy atom. The van der Waals surface area contributed by atoms with Gasteiger partial charge in [-0.05, 0) is 123 Å². The Morgan fingerprint density at radius 1 is 0.261 bits per heavy atom. The van der Waals surface area contributed by atoms with Crippen LogP contribution in [0.4, 0.5) is 17.1 Å². The molecule has 0 aliphatic carbocycles. The number of benzene rings is 11. The number of aromatic nitrogens is 1. The zero-order valence-electron chi connectivity index (χ0n) is 37.7. The van der Waals surface area contributed by atoms with Crippen LogP contribution >= 0.6 is 0 Å². The van der Waals surface area contributed by atoms with Crippen molar-refractivity contribution in [2.24, 2.45) is 0 Å². The number of rotatable bonds is 9. The number of hydrogen-bond donors (Lipinski definition) is 0. The molecule has 0 aliphatic heterocycles. The average Bonchev–Trinajstić information content (AvgIpc) is 3.97. The van der Waals surface area contributed by atoms with Crippen LogP contribution in [-0.2, 0) is 0 Å². The molecule has 3 heteroatoms. The molecule has 324 valence electrons. The van der Waals surface area contributed by atoms with Gasteiger partial charge in [-0.15, -0.1) is 0 Å². The summed E-state index contributed by atoms with van der Waals surface area (Å²) < 4.78 is 8.63. The first-order valence-electron chi connectivity index (χ1n) is 23.6. The standard InChI is InChI=1S/C66H44N2O/c1-2-13-45(14-3-1)46-25-29-49(30-26-46)52-15-12-16-56(43-52)67(54-38-33-48(34-39-54)47-27-31-50(32-28-47)53-37-42-61-60-20-7-11-24-65(60)69-66(61)44-53)55-40-35-51(36-41-55)57-17-4-8-21-62(57)68-63-22-9-5-18-58(63)59-19-6-10-23-64(59)68/h1-44H. The monoisotopic (exact) mass is 880 g/mol. The minimum Gasteiger partial charge on any atom is -0.456 e. The van der Waals surface area contributed by atoms with Gasteiger partial charge in [-0.3, -0.25) is 0 Å². The molecule has 0 aliphatic rings. The van der Waals surface area contributed by atoms with Crippen LogP contribution < -0.4 is 4.90 Å². The molecule has 0 radical (unpaired) electrons. The average molecular weight is 881 g/mol. The molecular formula is C66H44N2O. The lowest BCUT2D eigenvalue weighted by Crippen LogP contribution is -2.10. The second-order valence-corrected chi connectivity index (χ2v) is 17.7. The van der Waals surface area contributed by atoms with Gasteiger partial charge in [0.15, 0.2) is 0 Å². The van der Waals surface area contributed by atoms with E-state index in [1.165, 1.54) is 44.1 Å². The van der Waals surface area contributed by atoms with E-state index in [4.69, 9.17) is 4.42 Å². The van der Waals surface area contributed by atoms with Crippen LogP contribution in [0.15, 0.2) is 271 Å². The van der Waals surface area contributed by atoms with Crippen LogP contribution in [0.2, 0.25) is 0 Å².